The Morgan fingerprint density at radius 3 is 2.83 bits per heavy atom. The maximum Gasteiger partial charge on any atom is 0.241 e. The maximum atomic E-state index is 11.4. The molecule has 1 rings (SSSR count). The molecule has 0 aromatic carbocycles. The van der Waals surface area contributed by atoms with Crippen molar-refractivity contribution in [2.75, 3.05) is 27.2 Å². The molecular formula is C11H20N6O. The van der Waals surface area contributed by atoms with E-state index in [1.54, 1.807) is 20.3 Å². The Hall–Kier alpha value is -2.05. The first kappa shape index (κ1) is 14.0. The molecule has 0 radical (unpaired) electrons. The van der Waals surface area contributed by atoms with Crippen LogP contribution in [0.5, 0.6) is 0 Å². The number of nitrogens with zero attached hydrogens (tertiary/aromatic N) is 3. The van der Waals surface area contributed by atoms with Crippen LogP contribution in [0.2, 0.25) is 0 Å². The summed E-state index contributed by atoms with van der Waals surface area (Å²) in [5, 5.41) is 12.7. The van der Waals surface area contributed by atoms with Crippen molar-refractivity contribution in [3.63, 3.8) is 0 Å². The minimum Gasteiger partial charge on any atom is -0.357 e. The number of nitrogens with one attached hydrogen (secondary N) is 3. The van der Waals surface area contributed by atoms with Gasteiger partial charge in [-0.05, 0) is 13.0 Å². The molecule has 0 aliphatic rings. The first-order valence-corrected chi connectivity index (χ1v) is 5.84. The lowest BCUT2D eigenvalue weighted by Gasteiger charge is -2.13. The second-order valence-electron chi connectivity index (χ2n) is 3.92. The summed E-state index contributed by atoms with van der Waals surface area (Å²) >= 11 is 0. The molecule has 0 aliphatic carbocycles. The topological polar surface area (TPSA) is 85.4 Å². The van der Waals surface area contributed by atoms with Crippen molar-refractivity contribution >= 4 is 11.9 Å². The Morgan fingerprint density at radius 1 is 1.50 bits per heavy atom. The monoisotopic (exact) mass is 252 g/mol. The van der Waals surface area contributed by atoms with Gasteiger partial charge in [0.05, 0.1) is 18.8 Å². The van der Waals surface area contributed by atoms with E-state index < -0.39 is 0 Å². The second-order valence-corrected chi connectivity index (χ2v) is 3.92. The van der Waals surface area contributed by atoms with E-state index in [9.17, 15) is 4.79 Å². The molecule has 0 saturated carbocycles. The van der Waals surface area contributed by atoms with Gasteiger partial charge in [0.25, 0.3) is 0 Å². The summed E-state index contributed by atoms with van der Waals surface area (Å²) in [7, 11) is 3.44. The number of aliphatic imine (C=N–C) groups is 1. The number of carbonyl (C=O) groups excluding carboxylic acids is 1. The standard InChI is InChI=1S/C11H20N6O/c1-4-12-11(14-8-10(18)17(2)3)13-7-9-5-6-15-16-9/h5-6H,4,7-8H2,1-3H3,(H,15,16)(H2,12,13,14). The number of rotatable bonds is 5. The molecule has 1 amide bonds. The predicted molar refractivity (Wildman–Crippen MR) is 70.1 cm³/mol. The van der Waals surface area contributed by atoms with Gasteiger partial charge in [-0.25, -0.2) is 4.99 Å². The molecule has 18 heavy (non-hydrogen) atoms. The molecule has 1 aromatic rings. The summed E-state index contributed by atoms with van der Waals surface area (Å²) in [4.78, 5) is 17.3. The van der Waals surface area contributed by atoms with Gasteiger partial charge in [-0.15, -0.1) is 0 Å². The molecule has 1 heterocycles. The number of carbonyl (C=O) groups is 1. The smallest absolute Gasteiger partial charge is 0.241 e. The van der Waals surface area contributed by atoms with Crippen LogP contribution in [0.15, 0.2) is 17.3 Å². The zero-order chi connectivity index (χ0) is 13.4. The van der Waals surface area contributed by atoms with Crippen LogP contribution in [0.1, 0.15) is 12.6 Å². The quantitative estimate of drug-likeness (QED) is 0.489. The SMILES string of the molecule is CCNC(=NCc1ccn[nH]1)NCC(=O)N(C)C. The lowest BCUT2D eigenvalue weighted by Crippen LogP contribution is -2.42. The van der Waals surface area contributed by atoms with Crippen molar-refractivity contribution in [3.05, 3.63) is 18.0 Å². The molecule has 0 aliphatic heterocycles. The van der Waals surface area contributed by atoms with Crippen molar-refractivity contribution in [3.8, 4) is 0 Å². The van der Waals surface area contributed by atoms with Gasteiger partial charge < -0.3 is 15.5 Å². The molecule has 3 N–H and O–H groups in total. The molecule has 0 fully saturated rings. The van der Waals surface area contributed by atoms with Crippen LogP contribution in [0.3, 0.4) is 0 Å². The molecule has 7 nitrogen and oxygen atoms in total. The Balaban J connectivity index is 2.48. The van der Waals surface area contributed by atoms with Crippen molar-refractivity contribution in [2.24, 2.45) is 4.99 Å². The summed E-state index contributed by atoms with van der Waals surface area (Å²) in [5.41, 5.74) is 0.922. The molecule has 0 unspecified atom stereocenters. The van der Waals surface area contributed by atoms with Gasteiger partial charge in [0.15, 0.2) is 5.96 Å². The van der Waals surface area contributed by atoms with Gasteiger partial charge in [0.1, 0.15) is 0 Å². The highest BCUT2D eigenvalue weighted by atomic mass is 16.2. The lowest BCUT2D eigenvalue weighted by molar-refractivity contribution is -0.127. The number of amides is 1. The van der Waals surface area contributed by atoms with E-state index in [4.69, 9.17) is 0 Å². The minimum atomic E-state index is 0.00198. The highest BCUT2D eigenvalue weighted by molar-refractivity contribution is 5.86. The van der Waals surface area contributed by atoms with E-state index in [0.29, 0.717) is 12.5 Å². The summed E-state index contributed by atoms with van der Waals surface area (Å²) in [6.07, 6.45) is 1.68. The third-order valence-corrected chi connectivity index (χ3v) is 2.22. The molecule has 0 spiro atoms. The number of aromatic nitrogens is 2. The number of likely N-dealkylation sites (N-methyl/N-ethyl adjacent to an activating group) is 1. The average Bonchev–Trinajstić information content (AvgIpc) is 2.85. The largest absolute Gasteiger partial charge is 0.357 e. The first-order valence-electron chi connectivity index (χ1n) is 5.84. The zero-order valence-electron chi connectivity index (χ0n) is 11.0. The maximum absolute atomic E-state index is 11.4. The molecule has 7 heteroatoms. The minimum absolute atomic E-state index is 0.00198. The van der Waals surface area contributed by atoms with Gasteiger partial charge in [0, 0.05) is 26.8 Å². The summed E-state index contributed by atoms with van der Waals surface area (Å²) in [6, 6.07) is 1.86. The number of aromatic amines is 1. The van der Waals surface area contributed by atoms with Crippen LogP contribution in [-0.2, 0) is 11.3 Å². The third kappa shape index (κ3) is 4.86. The number of guanidine groups is 1. The molecule has 0 atom stereocenters. The molecule has 1 aromatic heterocycles. The van der Waals surface area contributed by atoms with Crippen LogP contribution in [0, 0.1) is 0 Å². The summed E-state index contributed by atoms with van der Waals surface area (Å²) < 4.78 is 0. The van der Waals surface area contributed by atoms with Gasteiger partial charge in [-0.2, -0.15) is 5.10 Å². The first-order chi connectivity index (χ1) is 8.63. The second kappa shape index (κ2) is 7.31. The van der Waals surface area contributed by atoms with E-state index in [1.165, 1.54) is 4.90 Å². The fraction of sp³-hybridized carbons (Fsp3) is 0.545. The predicted octanol–water partition coefficient (Wildman–Crippen LogP) is -0.447. The Bertz CT molecular complexity index is 384. The van der Waals surface area contributed by atoms with Crippen LogP contribution in [0.25, 0.3) is 0 Å². The van der Waals surface area contributed by atoms with Gasteiger partial charge in [0.2, 0.25) is 5.91 Å². The fourth-order valence-electron chi connectivity index (χ4n) is 1.20. The zero-order valence-corrected chi connectivity index (χ0v) is 11.0. The number of H-pyrrole nitrogens is 1. The van der Waals surface area contributed by atoms with Crippen LogP contribution in [0.4, 0.5) is 0 Å². The molecular weight excluding hydrogens is 232 g/mol. The van der Waals surface area contributed by atoms with Crippen LogP contribution < -0.4 is 10.6 Å². The van der Waals surface area contributed by atoms with E-state index >= 15 is 0 Å². The number of hydrogen-bond acceptors (Lipinski definition) is 3. The van der Waals surface area contributed by atoms with Gasteiger partial charge in [-0.1, -0.05) is 0 Å². The number of hydrogen-bond donors (Lipinski definition) is 3. The fourth-order valence-corrected chi connectivity index (χ4v) is 1.20. The third-order valence-electron chi connectivity index (χ3n) is 2.22. The van der Waals surface area contributed by atoms with Crippen molar-refractivity contribution in [1.29, 1.82) is 0 Å². The molecule has 100 valence electrons. The highest BCUT2D eigenvalue weighted by Gasteiger charge is 2.05. The molecule has 0 bridgehead atoms. The normalized spacial score (nSPS) is 11.2. The Kier molecular flexibility index (Phi) is 5.69. The van der Waals surface area contributed by atoms with E-state index in [-0.39, 0.29) is 12.5 Å². The Morgan fingerprint density at radius 2 is 2.28 bits per heavy atom. The van der Waals surface area contributed by atoms with Gasteiger partial charge in [-0.3, -0.25) is 9.89 Å². The van der Waals surface area contributed by atoms with Crippen LogP contribution >= 0.6 is 0 Å². The van der Waals surface area contributed by atoms with Gasteiger partial charge >= 0.3 is 0 Å². The summed E-state index contributed by atoms with van der Waals surface area (Å²) in [6.45, 7) is 3.43. The van der Waals surface area contributed by atoms with Crippen LogP contribution in [-0.4, -0.2) is 54.1 Å². The van der Waals surface area contributed by atoms with Crippen molar-refractivity contribution in [1.82, 2.24) is 25.7 Å². The Labute approximate surface area is 107 Å². The molecule has 0 saturated heterocycles. The average molecular weight is 252 g/mol. The lowest BCUT2D eigenvalue weighted by atomic mass is 10.4. The van der Waals surface area contributed by atoms with Crippen molar-refractivity contribution in [2.45, 2.75) is 13.5 Å². The van der Waals surface area contributed by atoms with Crippen molar-refractivity contribution < 1.29 is 4.79 Å². The highest BCUT2D eigenvalue weighted by Crippen LogP contribution is 1.93. The van der Waals surface area contributed by atoms with E-state index in [2.05, 4.69) is 25.8 Å². The van der Waals surface area contributed by atoms with E-state index in [1.807, 2.05) is 13.0 Å². The summed E-state index contributed by atoms with van der Waals surface area (Å²) in [5.74, 6) is 0.615. The van der Waals surface area contributed by atoms with E-state index in [0.717, 1.165) is 12.2 Å².